The number of piperazine rings is 1. The highest BCUT2D eigenvalue weighted by atomic mass is 32.1. The first-order valence-electron chi connectivity index (χ1n) is 17.5. The highest BCUT2D eigenvalue weighted by molar-refractivity contribution is 7.22. The van der Waals surface area contributed by atoms with Crippen LogP contribution in [0.25, 0.3) is 10.2 Å². The Balaban J connectivity index is 1.15. The van der Waals surface area contributed by atoms with Crippen LogP contribution in [0.4, 0.5) is 15.6 Å². The van der Waals surface area contributed by atoms with Crippen molar-refractivity contribution < 1.29 is 23.9 Å². The summed E-state index contributed by atoms with van der Waals surface area (Å²) in [7, 11) is 1.59. The number of hydrogen-bond donors (Lipinski definition) is 3. The number of nitrogens with one attached hydrogen (secondary N) is 2. The number of fused-ring (bicyclic) bond motifs is 2. The number of hydrazine groups is 1. The Morgan fingerprint density at radius 3 is 2.46 bits per heavy atom. The van der Waals surface area contributed by atoms with Gasteiger partial charge in [-0.3, -0.25) is 19.4 Å². The number of carbonyl (C=O) groups is 4. The van der Waals surface area contributed by atoms with E-state index < -0.39 is 18.2 Å². The number of thiazole rings is 1. The van der Waals surface area contributed by atoms with Crippen LogP contribution in [-0.4, -0.2) is 87.5 Å². The molecule has 0 aliphatic carbocycles. The van der Waals surface area contributed by atoms with Gasteiger partial charge in [0.15, 0.2) is 5.13 Å². The first-order valence-corrected chi connectivity index (χ1v) is 18.3. The molecule has 13 nitrogen and oxygen atoms in total. The van der Waals surface area contributed by atoms with E-state index in [4.69, 9.17) is 10.5 Å². The highest BCUT2D eigenvalue weighted by Gasteiger charge is 2.52. The van der Waals surface area contributed by atoms with Crippen molar-refractivity contribution in [2.24, 2.45) is 0 Å². The predicted molar refractivity (Wildman–Crippen MR) is 207 cm³/mol. The summed E-state index contributed by atoms with van der Waals surface area (Å²) >= 11 is 1.38. The molecule has 0 spiro atoms. The Bertz CT molecular complexity index is 2180. The maximum absolute atomic E-state index is 14.5. The smallest absolute Gasteiger partial charge is 0.332 e. The van der Waals surface area contributed by atoms with Crippen molar-refractivity contribution in [1.29, 1.82) is 0 Å². The quantitative estimate of drug-likeness (QED) is 0.153. The summed E-state index contributed by atoms with van der Waals surface area (Å²) in [4.78, 5) is 62.8. The Labute approximate surface area is 316 Å². The molecule has 276 valence electrons. The fraction of sp³-hybridized carbons (Fsp3) is 0.225. The monoisotopic (exact) mass is 744 g/mol. The molecule has 2 aliphatic heterocycles. The van der Waals surface area contributed by atoms with Gasteiger partial charge in [-0.15, -0.1) is 6.58 Å². The second-order valence-corrected chi connectivity index (χ2v) is 14.1. The summed E-state index contributed by atoms with van der Waals surface area (Å²) in [6.07, 6.45) is 1.18. The van der Waals surface area contributed by atoms with Crippen molar-refractivity contribution >= 4 is 56.1 Å². The lowest BCUT2D eigenvalue weighted by Crippen LogP contribution is -2.66. The molecule has 2 saturated heterocycles. The van der Waals surface area contributed by atoms with Crippen LogP contribution in [0, 0.1) is 0 Å². The minimum absolute atomic E-state index is 0.102. The minimum Gasteiger partial charge on any atom is -0.497 e. The van der Waals surface area contributed by atoms with Crippen LogP contribution in [0.3, 0.4) is 0 Å². The Hall–Kier alpha value is -6.25. The lowest BCUT2D eigenvalue weighted by molar-refractivity contribution is -0.157. The second-order valence-electron chi connectivity index (χ2n) is 13.0. The van der Waals surface area contributed by atoms with Gasteiger partial charge in [0.1, 0.15) is 18.0 Å². The topological polar surface area (TPSA) is 153 Å². The van der Waals surface area contributed by atoms with E-state index in [2.05, 4.69) is 22.2 Å². The van der Waals surface area contributed by atoms with E-state index in [1.54, 1.807) is 64.4 Å². The van der Waals surface area contributed by atoms with E-state index in [-0.39, 0.29) is 56.9 Å². The maximum atomic E-state index is 14.5. The van der Waals surface area contributed by atoms with Crippen molar-refractivity contribution in [3.8, 4) is 5.75 Å². The van der Waals surface area contributed by atoms with Gasteiger partial charge in [-0.2, -0.15) is 5.01 Å². The van der Waals surface area contributed by atoms with Gasteiger partial charge in [0.05, 0.1) is 37.0 Å². The van der Waals surface area contributed by atoms with Gasteiger partial charge in [-0.05, 0) is 59.2 Å². The number of carbonyl (C=O) groups excluding carboxylic acids is 4. The second kappa shape index (κ2) is 15.8. The van der Waals surface area contributed by atoms with Gasteiger partial charge >= 0.3 is 6.03 Å². The number of para-hydroxylation sites is 1. The Morgan fingerprint density at radius 1 is 1.00 bits per heavy atom. The molecule has 54 heavy (non-hydrogen) atoms. The predicted octanol–water partition coefficient (Wildman–Crippen LogP) is 4.88. The van der Waals surface area contributed by atoms with Crippen LogP contribution >= 0.6 is 11.3 Å². The van der Waals surface area contributed by atoms with Crippen LogP contribution in [0.2, 0.25) is 0 Å². The van der Waals surface area contributed by atoms with Gasteiger partial charge in [0, 0.05) is 30.8 Å². The molecular weight excluding hydrogens is 705 g/mol. The number of methoxy groups -OCH3 is 1. The summed E-state index contributed by atoms with van der Waals surface area (Å²) < 4.78 is 6.16. The summed E-state index contributed by atoms with van der Waals surface area (Å²) in [5, 5.41) is 9.51. The molecule has 2 atom stereocenters. The standard InChI is InChI=1S/C40H40N8O5S/c1-3-20-46(40(52)42-22-27-14-18-31(53-2)19-15-27)47-25-35(49)48-32(21-26-12-16-30(17-13-26)43-37(50)28-8-5-4-6-9-28)38(51)45(24-34(47)48)23-29-10-7-11-33-36(29)44-39(41)54-33/h3-19,32,34H,1,20-25H2,2H3,(H2,41,44)(H,42,52)(H,43,50)/t32-,34+/m0/s1. The third kappa shape index (κ3) is 7.61. The number of rotatable bonds is 12. The third-order valence-electron chi connectivity index (χ3n) is 9.57. The molecular formula is C40H40N8O5S. The molecule has 2 aliphatic rings. The summed E-state index contributed by atoms with van der Waals surface area (Å²) in [6.45, 7) is 4.55. The number of aromatic nitrogens is 1. The normalized spacial score (nSPS) is 17.0. The summed E-state index contributed by atoms with van der Waals surface area (Å²) in [5.74, 6) is -0.0141. The molecule has 14 heteroatoms. The lowest BCUT2D eigenvalue weighted by Gasteiger charge is -2.46. The Kier molecular flexibility index (Phi) is 10.6. The Morgan fingerprint density at radius 2 is 1.74 bits per heavy atom. The number of ether oxygens (including phenoxy) is 1. The van der Waals surface area contributed by atoms with Crippen molar-refractivity contribution in [3.63, 3.8) is 0 Å². The number of benzene rings is 4. The molecule has 2 fully saturated rings. The molecule has 7 rings (SSSR count). The number of urea groups is 1. The van der Waals surface area contributed by atoms with Crippen LogP contribution in [0.15, 0.2) is 110 Å². The number of anilines is 2. The van der Waals surface area contributed by atoms with E-state index in [0.29, 0.717) is 22.1 Å². The van der Waals surface area contributed by atoms with Crippen molar-refractivity contribution in [1.82, 2.24) is 30.1 Å². The molecule has 3 heterocycles. The van der Waals surface area contributed by atoms with Gasteiger partial charge in [-0.25, -0.2) is 9.78 Å². The van der Waals surface area contributed by atoms with E-state index >= 15 is 0 Å². The molecule has 5 aromatic rings. The van der Waals surface area contributed by atoms with Crippen LogP contribution < -0.4 is 21.1 Å². The van der Waals surface area contributed by atoms with E-state index in [0.717, 1.165) is 26.9 Å². The first-order chi connectivity index (χ1) is 26.2. The van der Waals surface area contributed by atoms with E-state index in [9.17, 15) is 19.2 Å². The lowest BCUT2D eigenvalue weighted by atomic mass is 9.99. The van der Waals surface area contributed by atoms with Gasteiger partial charge in [0.2, 0.25) is 11.8 Å². The van der Waals surface area contributed by atoms with E-state index in [1.807, 2.05) is 60.7 Å². The van der Waals surface area contributed by atoms with Crippen molar-refractivity contribution in [3.05, 3.63) is 132 Å². The molecule has 0 unspecified atom stereocenters. The maximum Gasteiger partial charge on any atom is 0.332 e. The highest BCUT2D eigenvalue weighted by Crippen LogP contribution is 2.32. The number of amides is 5. The summed E-state index contributed by atoms with van der Waals surface area (Å²) in [5.41, 5.74) is 10.4. The largest absolute Gasteiger partial charge is 0.497 e. The molecule has 0 radical (unpaired) electrons. The zero-order valence-corrected chi connectivity index (χ0v) is 30.5. The molecule has 0 saturated carbocycles. The van der Waals surface area contributed by atoms with Gasteiger partial charge in [0.25, 0.3) is 5.91 Å². The molecule has 4 N–H and O–H groups in total. The van der Waals surface area contributed by atoms with Crippen molar-refractivity contribution in [2.75, 3.05) is 37.8 Å². The third-order valence-corrected chi connectivity index (χ3v) is 10.4. The van der Waals surface area contributed by atoms with Crippen LogP contribution in [0.1, 0.15) is 27.0 Å². The molecule has 5 amide bonds. The zero-order chi connectivity index (χ0) is 37.8. The van der Waals surface area contributed by atoms with Gasteiger partial charge in [-0.1, -0.05) is 72.0 Å². The van der Waals surface area contributed by atoms with Crippen LogP contribution in [-0.2, 0) is 29.1 Å². The average Bonchev–Trinajstić information content (AvgIpc) is 3.74. The van der Waals surface area contributed by atoms with Crippen LogP contribution in [0.5, 0.6) is 5.75 Å². The fourth-order valence-electron chi connectivity index (χ4n) is 6.93. The molecule has 4 aromatic carbocycles. The zero-order valence-electron chi connectivity index (χ0n) is 29.7. The first kappa shape index (κ1) is 36.1. The number of nitrogen functional groups attached to an aromatic ring is 1. The number of hydrogen-bond acceptors (Lipinski definition) is 9. The number of nitrogens with zero attached hydrogens (tertiary/aromatic N) is 5. The molecule has 0 bridgehead atoms. The SMILES string of the molecule is C=CCN(C(=O)NCc1ccc(OC)cc1)N1CC(=O)N2[C@@H](Cc3ccc(NC(=O)c4ccccc4)cc3)C(=O)N(Cc3cccc4sc(N)nc34)C[C@@H]21. The summed E-state index contributed by atoms with van der Waals surface area (Å²) in [6, 6.07) is 28.1. The van der Waals surface area contributed by atoms with Gasteiger partial charge < -0.3 is 30.9 Å². The minimum atomic E-state index is -0.862. The average molecular weight is 745 g/mol. The fourth-order valence-corrected chi connectivity index (χ4v) is 7.71. The number of nitrogens with two attached hydrogens (primary N) is 1. The van der Waals surface area contributed by atoms with Crippen molar-refractivity contribution in [2.45, 2.75) is 31.7 Å². The molecule has 1 aromatic heterocycles. The van der Waals surface area contributed by atoms with E-state index in [1.165, 1.54) is 16.3 Å².